The zero-order valence-corrected chi connectivity index (χ0v) is 17.5. The van der Waals surface area contributed by atoms with Crippen molar-refractivity contribution in [2.24, 2.45) is 0 Å². The largest absolute Gasteiger partial charge is 0.347 e. The molecule has 1 atom stereocenters. The van der Waals surface area contributed by atoms with Crippen molar-refractivity contribution in [2.45, 2.75) is 44.9 Å². The number of aromatic nitrogens is 5. The minimum atomic E-state index is -2.99. The van der Waals surface area contributed by atoms with Crippen LogP contribution in [0.4, 0.5) is 8.78 Å². The zero-order chi connectivity index (χ0) is 22.7. The topological polar surface area (TPSA) is 97.9 Å². The number of nitrogens with one attached hydrogen (secondary N) is 1. The van der Waals surface area contributed by atoms with Crippen molar-refractivity contribution in [1.29, 1.82) is 0 Å². The second-order valence-electron chi connectivity index (χ2n) is 7.88. The predicted molar refractivity (Wildman–Crippen MR) is 110 cm³/mol. The number of halogens is 2. The van der Waals surface area contributed by atoms with Crippen LogP contribution in [-0.2, 0) is 24.4 Å². The van der Waals surface area contributed by atoms with Crippen molar-refractivity contribution in [3.05, 3.63) is 65.7 Å². The van der Waals surface area contributed by atoms with Crippen LogP contribution >= 0.6 is 0 Å². The fraction of sp³-hybridized carbons (Fsp3) is 0.381. The average Bonchev–Trinajstić information content (AvgIpc) is 3.46. The summed E-state index contributed by atoms with van der Waals surface area (Å²) < 4.78 is 31.0. The Morgan fingerprint density at radius 3 is 2.69 bits per heavy atom. The number of hydrogen-bond acceptors (Lipinski definition) is 5. The van der Waals surface area contributed by atoms with Crippen LogP contribution in [0.25, 0.3) is 0 Å². The molecule has 2 aromatic heterocycles. The molecule has 1 aliphatic rings. The Morgan fingerprint density at radius 1 is 1.19 bits per heavy atom. The van der Waals surface area contributed by atoms with E-state index in [2.05, 4.69) is 20.7 Å². The van der Waals surface area contributed by atoms with Crippen molar-refractivity contribution in [1.82, 2.24) is 35.0 Å². The minimum Gasteiger partial charge on any atom is -0.347 e. The molecule has 0 saturated carbocycles. The molecule has 0 spiro atoms. The van der Waals surface area contributed by atoms with Gasteiger partial charge in [-0.2, -0.15) is 5.10 Å². The lowest BCUT2D eigenvalue weighted by atomic mass is 10.2. The number of rotatable bonds is 7. The minimum absolute atomic E-state index is 0.0123. The van der Waals surface area contributed by atoms with E-state index >= 15 is 0 Å². The first-order chi connectivity index (χ1) is 15.3. The van der Waals surface area contributed by atoms with E-state index in [9.17, 15) is 18.4 Å². The molecule has 168 valence electrons. The highest BCUT2D eigenvalue weighted by Gasteiger charge is 2.47. The van der Waals surface area contributed by atoms with Gasteiger partial charge in [-0.25, -0.2) is 13.5 Å². The van der Waals surface area contributed by atoms with Crippen molar-refractivity contribution in [3.8, 4) is 0 Å². The summed E-state index contributed by atoms with van der Waals surface area (Å²) in [6.07, 6.45) is 2.55. The highest BCUT2D eigenvalue weighted by Crippen LogP contribution is 2.33. The molecule has 11 heteroatoms. The van der Waals surface area contributed by atoms with Gasteiger partial charge in [0.05, 0.1) is 31.0 Å². The molecule has 0 radical (unpaired) electrons. The summed E-state index contributed by atoms with van der Waals surface area (Å²) in [5.41, 5.74) is 1.75. The van der Waals surface area contributed by atoms with Crippen LogP contribution in [0.1, 0.15) is 28.2 Å². The van der Waals surface area contributed by atoms with Gasteiger partial charge in [-0.1, -0.05) is 35.5 Å². The Kier molecular flexibility index (Phi) is 5.97. The quantitative estimate of drug-likeness (QED) is 0.599. The van der Waals surface area contributed by atoms with Gasteiger partial charge in [0.2, 0.25) is 5.91 Å². The van der Waals surface area contributed by atoms with E-state index in [0.29, 0.717) is 6.54 Å². The van der Waals surface area contributed by atoms with Gasteiger partial charge < -0.3 is 10.2 Å². The van der Waals surface area contributed by atoms with Crippen LogP contribution in [-0.4, -0.2) is 60.0 Å². The third-order valence-corrected chi connectivity index (χ3v) is 5.23. The number of amides is 2. The number of likely N-dealkylation sites (tertiary alicyclic amines) is 1. The summed E-state index contributed by atoms with van der Waals surface area (Å²) in [4.78, 5) is 26.2. The number of carbonyl (C=O) groups excluding carboxylic acids is 2. The highest BCUT2D eigenvalue weighted by atomic mass is 19.3. The number of carbonyl (C=O) groups is 2. The highest BCUT2D eigenvalue weighted by molar-refractivity contribution is 5.91. The smallest absolute Gasteiger partial charge is 0.273 e. The first-order valence-electron chi connectivity index (χ1n) is 10.2. The molecule has 0 unspecified atom stereocenters. The lowest BCUT2D eigenvalue weighted by Gasteiger charge is -2.23. The maximum absolute atomic E-state index is 14.1. The van der Waals surface area contributed by atoms with Gasteiger partial charge in [0.25, 0.3) is 11.8 Å². The summed E-state index contributed by atoms with van der Waals surface area (Å²) in [5.74, 6) is -3.85. The zero-order valence-electron chi connectivity index (χ0n) is 17.5. The average molecular weight is 443 g/mol. The van der Waals surface area contributed by atoms with Crippen molar-refractivity contribution in [2.75, 3.05) is 6.54 Å². The molecule has 0 aliphatic carbocycles. The monoisotopic (exact) mass is 443 g/mol. The maximum atomic E-state index is 14.1. The van der Waals surface area contributed by atoms with E-state index in [1.54, 1.807) is 19.2 Å². The van der Waals surface area contributed by atoms with Crippen molar-refractivity contribution >= 4 is 11.8 Å². The van der Waals surface area contributed by atoms with Crippen LogP contribution in [0, 0.1) is 6.92 Å². The van der Waals surface area contributed by atoms with E-state index in [1.165, 1.54) is 15.6 Å². The number of aryl methyl sites for hydroxylation is 1. The van der Waals surface area contributed by atoms with Gasteiger partial charge in [0.15, 0.2) is 5.69 Å². The van der Waals surface area contributed by atoms with E-state index in [-0.39, 0.29) is 18.8 Å². The Morgan fingerprint density at radius 2 is 1.97 bits per heavy atom. The fourth-order valence-corrected chi connectivity index (χ4v) is 3.71. The summed E-state index contributed by atoms with van der Waals surface area (Å²) >= 11 is 0. The Hall–Kier alpha value is -3.63. The molecule has 4 rings (SSSR count). The molecule has 2 amide bonds. The standard InChI is InChI=1S/C21H23F2N7O2/c1-15-7-8-28(26-15)13-19(31)30-14-21(22,23)9-17(30)11-29-12-18(25-27-29)20(32)24-10-16-5-3-2-4-6-16/h2-8,12,17H,9-11,13-14H2,1H3,(H,24,32)/t17-/m0/s1. The maximum Gasteiger partial charge on any atom is 0.273 e. The van der Waals surface area contributed by atoms with E-state index in [0.717, 1.165) is 16.2 Å². The lowest BCUT2D eigenvalue weighted by Crippen LogP contribution is -2.40. The number of alkyl halides is 2. The molecule has 1 aromatic carbocycles. The third kappa shape index (κ3) is 5.16. The van der Waals surface area contributed by atoms with Gasteiger partial charge in [0, 0.05) is 19.2 Å². The Bertz CT molecular complexity index is 1100. The molecule has 1 fully saturated rings. The van der Waals surface area contributed by atoms with Crippen LogP contribution < -0.4 is 5.32 Å². The van der Waals surface area contributed by atoms with Gasteiger partial charge in [-0.05, 0) is 18.6 Å². The molecule has 0 bridgehead atoms. The second kappa shape index (κ2) is 8.85. The van der Waals surface area contributed by atoms with Gasteiger partial charge in [-0.3, -0.25) is 14.3 Å². The van der Waals surface area contributed by atoms with Crippen LogP contribution in [0.15, 0.2) is 48.8 Å². The summed E-state index contributed by atoms with van der Waals surface area (Å²) in [6, 6.07) is 10.4. The second-order valence-corrected chi connectivity index (χ2v) is 7.88. The molecular weight excluding hydrogens is 420 g/mol. The van der Waals surface area contributed by atoms with Crippen LogP contribution in [0.5, 0.6) is 0 Å². The third-order valence-electron chi connectivity index (χ3n) is 5.23. The Balaban J connectivity index is 1.39. The number of benzene rings is 1. The first-order valence-corrected chi connectivity index (χ1v) is 10.2. The van der Waals surface area contributed by atoms with E-state index in [1.807, 2.05) is 30.3 Å². The Labute approximate surface area is 183 Å². The number of nitrogens with zero attached hydrogens (tertiary/aromatic N) is 6. The normalized spacial score (nSPS) is 17.5. The molecule has 1 N–H and O–H groups in total. The molecule has 1 saturated heterocycles. The van der Waals surface area contributed by atoms with E-state index in [4.69, 9.17) is 0 Å². The molecule has 32 heavy (non-hydrogen) atoms. The van der Waals surface area contributed by atoms with Crippen LogP contribution in [0.3, 0.4) is 0 Å². The van der Waals surface area contributed by atoms with Crippen LogP contribution in [0.2, 0.25) is 0 Å². The first kappa shape index (κ1) is 21.6. The molecule has 3 heterocycles. The SMILES string of the molecule is Cc1ccn(CC(=O)N2CC(F)(F)C[C@H]2Cn2cc(C(=O)NCc3ccccc3)nn2)n1. The van der Waals surface area contributed by atoms with Crippen molar-refractivity contribution < 1.29 is 18.4 Å². The summed E-state index contributed by atoms with van der Waals surface area (Å²) in [5, 5.41) is 14.6. The predicted octanol–water partition coefficient (Wildman–Crippen LogP) is 1.65. The van der Waals surface area contributed by atoms with Crippen molar-refractivity contribution in [3.63, 3.8) is 0 Å². The molecule has 1 aliphatic heterocycles. The van der Waals surface area contributed by atoms with E-state index < -0.39 is 36.7 Å². The van der Waals surface area contributed by atoms with Gasteiger partial charge in [-0.15, -0.1) is 5.10 Å². The lowest BCUT2D eigenvalue weighted by molar-refractivity contribution is -0.134. The van der Waals surface area contributed by atoms with Gasteiger partial charge in [0.1, 0.15) is 6.54 Å². The van der Waals surface area contributed by atoms with Gasteiger partial charge >= 0.3 is 0 Å². The summed E-state index contributed by atoms with van der Waals surface area (Å²) in [6.45, 7) is 1.35. The molecule has 3 aromatic rings. The molecule has 9 nitrogen and oxygen atoms in total. The molecular formula is C21H23F2N7O2. The number of hydrogen-bond donors (Lipinski definition) is 1. The summed E-state index contributed by atoms with van der Waals surface area (Å²) in [7, 11) is 0. The fourth-order valence-electron chi connectivity index (χ4n) is 3.71.